The molecule has 0 saturated heterocycles. The fraction of sp³-hybridized carbons (Fsp3) is 0.100. The third-order valence-electron chi connectivity index (χ3n) is 3.69. The summed E-state index contributed by atoms with van der Waals surface area (Å²) in [4.78, 5) is 31.6. The summed E-state index contributed by atoms with van der Waals surface area (Å²) in [6.45, 7) is 3.44. The van der Waals surface area contributed by atoms with Crippen LogP contribution in [0.3, 0.4) is 0 Å². The fourth-order valence-electron chi connectivity index (χ4n) is 2.37. The van der Waals surface area contributed by atoms with E-state index in [1.54, 1.807) is 30.3 Å². The van der Waals surface area contributed by atoms with Crippen LogP contribution in [0.2, 0.25) is 0 Å². The lowest BCUT2D eigenvalue weighted by molar-refractivity contribution is -0.114. The van der Waals surface area contributed by atoms with Gasteiger partial charge in [-0.2, -0.15) is 0 Å². The molecular weight excluding hydrogens is 342 g/mol. The van der Waals surface area contributed by atoms with Crippen molar-refractivity contribution >= 4 is 34.7 Å². The average Bonchev–Trinajstić information content (AvgIpc) is 2.65. The molecule has 0 unspecified atom stereocenters. The number of rotatable bonds is 5. The van der Waals surface area contributed by atoms with E-state index in [0.717, 1.165) is 11.3 Å². The summed E-state index contributed by atoms with van der Waals surface area (Å²) in [6, 6.07) is 16.3. The van der Waals surface area contributed by atoms with Crippen molar-refractivity contribution in [3.05, 3.63) is 72.2 Å². The quantitative estimate of drug-likeness (QED) is 0.643. The van der Waals surface area contributed by atoms with Crippen molar-refractivity contribution in [3.63, 3.8) is 0 Å². The normalized spacial score (nSPS) is 10.1. The summed E-state index contributed by atoms with van der Waals surface area (Å²) in [5, 5.41) is 8.61. The molecule has 0 aliphatic heterocycles. The summed E-state index contributed by atoms with van der Waals surface area (Å²) in [5.74, 6) is 0.0485. The van der Waals surface area contributed by atoms with E-state index in [9.17, 15) is 9.59 Å². The first-order chi connectivity index (χ1) is 13.0. The van der Waals surface area contributed by atoms with Gasteiger partial charge in [0.2, 0.25) is 5.91 Å². The molecule has 0 bridgehead atoms. The smallest absolute Gasteiger partial charge is 0.274 e. The Morgan fingerprint density at radius 3 is 2.07 bits per heavy atom. The van der Waals surface area contributed by atoms with Crippen molar-refractivity contribution in [1.82, 2.24) is 9.97 Å². The Bertz CT molecular complexity index is 953. The summed E-state index contributed by atoms with van der Waals surface area (Å²) < 4.78 is 0. The molecule has 3 rings (SSSR count). The van der Waals surface area contributed by atoms with E-state index in [1.807, 2.05) is 31.2 Å². The molecule has 0 saturated carbocycles. The first-order valence-corrected chi connectivity index (χ1v) is 8.34. The Morgan fingerprint density at radius 2 is 1.41 bits per heavy atom. The maximum atomic E-state index is 12.4. The zero-order valence-electron chi connectivity index (χ0n) is 15.0. The fourth-order valence-corrected chi connectivity index (χ4v) is 2.37. The number of aromatic nitrogens is 2. The summed E-state index contributed by atoms with van der Waals surface area (Å²) in [6.07, 6.45) is 1.33. The topological polar surface area (TPSA) is 96.0 Å². The number of hydrogen-bond acceptors (Lipinski definition) is 5. The van der Waals surface area contributed by atoms with Crippen molar-refractivity contribution in [2.75, 3.05) is 16.0 Å². The van der Waals surface area contributed by atoms with Gasteiger partial charge in [0.1, 0.15) is 17.8 Å². The number of amides is 2. The Morgan fingerprint density at radius 1 is 0.815 bits per heavy atom. The van der Waals surface area contributed by atoms with Gasteiger partial charge < -0.3 is 16.0 Å². The molecule has 0 fully saturated rings. The molecule has 0 aliphatic carbocycles. The van der Waals surface area contributed by atoms with Gasteiger partial charge in [-0.25, -0.2) is 9.97 Å². The average molecular weight is 361 g/mol. The van der Waals surface area contributed by atoms with Gasteiger partial charge in [-0.15, -0.1) is 0 Å². The van der Waals surface area contributed by atoms with E-state index in [4.69, 9.17) is 0 Å². The Labute approximate surface area is 156 Å². The predicted molar refractivity (Wildman–Crippen MR) is 105 cm³/mol. The van der Waals surface area contributed by atoms with Gasteiger partial charge in [0.25, 0.3) is 5.91 Å². The van der Waals surface area contributed by atoms with Gasteiger partial charge in [-0.3, -0.25) is 9.59 Å². The van der Waals surface area contributed by atoms with Crippen LogP contribution in [0, 0.1) is 6.92 Å². The van der Waals surface area contributed by atoms with E-state index in [-0.39, 0.29) is 17.5 Å². The Balaban J connectivity index is 1.68. The van der Waals surface area contributed by atoms with Crippen LogP contribution in [0.1, 0.15) is 23.0 Å². The summed E-state index contributed by atoms with van der Waals surface area (Å²) >= 11 is 0. The number of nitrogens with one attached hydrogen (secondary N) is 3. The maximum absolute atomic E-state index is 12.4. The van der Waals surface area contributed by atoms with Crippen LogP contribution in [-0.2, 0) is 4.79 Å². The zero-order valence-corrected chi connectivity index (χ0v) is 15.0. The highest BCUT2D eigenvalue weighted by Gasteiger charge is 2.09. The second-order valence-electron chi connectivity index (χ2n) is 5.99. The van der Waals surface area contributed by atoms with Crippen LogP contribution in [0.15, 0.2) is 60.9 Å². The lowest BCUT2D eigenvalue weighted by Gasteiger charge is -2.09. The molecule has 0 spiro atoms. The largest absolute Gasteiger partial charge is 0.340 e. The molecule has 2 aromatic carbocycles. The SMILES string of the molecule is CC(=O)Nc1ccc(Nc2cc(C(=O)Nc3ccc(C)cc3)ncn2)cc1. The van der Waals surface area contributed by atoms with E-state index in [2.05, 4.69) is 25.9 Å². The van der Waals surface area contributed by atoms with Gasteiger partial charge in [0.15, 0.2) is 0 Å². The Kier molecular flexibility index (Phi) is 5.41. The highest BCUT2D eigenvalue weighted by Crippen LogP contribution is 2.18. The monoisotopic (exact) mass is 361 g/mol. The molecule has 1 heterocycles. The highest BCUT2D eigenvalue weighted by atomic mass is 16.2. The van der Waals surface area contributed by atoms with E-state index in [1.165, 1.54) is 13.3 Å². The molecule has 0 radical (unpaired) electrons. The zero-order chi connectivity index (χ0) is 19.2. The number of nitrogens with zero attached hydrogens (tertiary/aromatic N) is 2. The lowest BCUT2D eigenvalue weighted by atomic mass is 10.2. The molecule has 2 amide bonds. The highest BCUT2D eigenvalue weighted by molar-refractivity contribution is 6.03. The van der Waals surface area contributed by atoms with Crippen molar-refractivity contribution in [2.45, 2.75) is 13.8 Å². The van der Waals surface area contributed by atoms with Crippen molar-refractivity contribution in [1.29, 1.82) is 0 Å². The van der Waals surface area contributed by atoms with Gasteiger partial charge in [-0.05, 0) is 43.3 Å². The van der Waals surface area contributed by atoms with Gasteiger partial charge in [-0.1, -0.05) is 17.7 Å². The van der Waals surface area contributed by atoms with Crippen molar-refractivity contribution in [2.24, 2.45) is 0 Å². The minimum Gasteiger partial charge on any atom is -0.340 e. The second-order valence-corrected chi connectivity index (χ2v) is 5.99. The van der Waals surface area contributed by atoms with E-state index < -0.39 is 0 Å². The molecule has 7 heteroatoms. The first-order valence-electron chi connectivity index (χ1n) is 8.34. The minimum atomic E-state index is -0.315. The summed E-state index contributed by atoms with van der Waals surface area (Å²) in [7, 11) is 0. The molecule has 0 aliphatic rings. The number of hydrogen-bond donors (Lipinski definition) is 3. The number of aryl methyl sites for hydroxylation is 1. The molecule has 27 heavy (non-hydrogen) atoms. The molecular formula is C20H19N5O2. The maximum Gasteiger partial charge on any atom is 0.274 e. The number of anilines is 4. The second kappa shape index (κ2) is 8.09. The molecule has 136 valence electrons. The van der Waals surface area contributed by atoms with Crippen LogP contribution in [-0.4, -0.2) is 21.8 Å². The van der Waals surface area contributed by atoms with Gasteiger partial charge in [0.05, 0.1) is 0 Å². The summed E-state index contributed by atoms with van der Waals surface area (Å²) in [5.41, 5.74) is 3.54. The van der Waals surface area contributed by atoms with Crippen LogP contribution in [0.25, 0.3) is 0 Å². The van der Waals surface area contributed by atoms with Gasteiger partial charge in [0, 0.05) is 30.1 Å². The lowest BCUT2D eigenvalue weighted by Crippen LogP contribution is -2.14. The number of carbonyl (C=O) groups excluding carboxylic acids is 2. The molecule has 1 aromatic heterocycles. The number of carbonyl (C=O) groups is 2. The van der Waals surface area contributed by atoms with Crippen LogP contribution < -0.4 is 16.0 Å². The van der Waals surface area contributed by atoms with Gasteiger partial charge >= 0.3 is 0 Å². The number of benzene rings is 2. The third kappa shape index (κ3) is 5.12. The molecule has 7 nitrogen and oxygen atoms in total. The first kappa shape index (κ1) is 18.1. The minimum absolute atomic E-state index is 0.129. The molecule has 3 aromatic rings. The third-order valence-corrected chi connectivity index (χ3v) is 3.69. The van der Waals surface area contributed by atoms with Crippen molar-refractivity contribution in [3.8, 4) is 0 Å². The predicted octanol–water partition coefficient (Wildman–Crippen LogP) is 3.74. The van der Waals surface area contributed by atoms with Crippen LogP contribution in [0.4, 0.5) is 22.9 Å². The van der Waals surface area contributed by atoms with Crippen LogP contribution in [0.5, 0.6) is 0 Å². The standard InChI is InChI=1S/C20H19N5O2/c1-13-3-5-17(6-4-13)25-20(27)18-11-19(22-12-21-18)24-16-9-7-15(8-10-16)23-14(2)26/h3-12H,1-2H3,(H,23,26)(H,25,27)(H,21,22,24). The Hall–Kier alpha value is -3.74. The van der Waals surface area contributed by atoms with E-state index in [0.29, 0.717) is 17.2 Å². The van der Waals surface area contributed by atoms with Crippen LogP contribution >= 0.6 is 0 Å². The molecule has 0 atom stereocenters. The van der Waals surface area contributed by atoms with Crippen molar-refractivity contribution < 1.29 is 9.59 Å². The molecule has 3 N–H and O–H groups in total. The van der Waals surface area contributed by atoms with E-state index >= 15 is 0 Å².